The summed E-state index contributed by atoms with van der Waals surface area (Å²) in [5.41, 5.74) is 0.501. The third-order valence-corrected chi connectivity index (χ3v) is 2.72. The number of carbonyl (C=O) groups excluding carboxylic acids is 1. The van der Waals surface area contributed by atoms with E-state index in [9.17, 15) is 9.18 Å². The Bertz CT molecular complexity index is 419. The zero-order valence-corrected chi connectivity index (χ0v) is 10.1. The highest BCUT2D eigenvalue weighted by Gasteiger charge is 2.19. The topological polar surface area (TPSA) is 44.2 Å². The van der Waals surface area contributed by atoms with E-state index in [0.29, 0.717) is 11.4 Å². The number of carbonyl (C=O) groups is 1. The first-order valence-corrected chi connectivity index (χ1v) is 5.28. The Morgan fingerprint density at radius 3 is 2.53 bits per heavy atom. The van der Waals surface area contributed by atoms with Gasteiger partial charge in [0, 0.05) is 18.5 Å². The van der Waals surface area contributed by atoms with Crippen molar-refractivity contribution in [2.45, 2.75) is 12.8 Å². The number of nitrogens with one attached hydrogen (secondary N) is 1. The van der Waals surface area contributed by atoms with Gasteiger partial charge >= 0.3 is 0 Å². The van der Waals surface area contributed by atoms with Crippen molar-refractivity contribution in [1.29, 1.82) is 5.41 Å². The maximum absolute atomic E-state index is 12.7. The fourth-order valence-corrected chi connectivity index (χ4v) is 1.81. The summed E-state index contributed by atoms with van der Waals surface area (Å²) in [7, 11) is 0. The summed E-state index contributed by atoms with van der Waals surface area (Å²) in [6.07, 6.45) is 1.69. The molecule has 3 nitrogen and oxygen atoms in total. The summed E-state index contributed by atoms with van der Waals surface area (Å²) < 4.78 is 12.7. The van der Waals surface area contributed by atoms with E-state index in [0.717, 1.165) is 19.4 Å². The molecule has 0 saturated carbocycles. The molecule has 0 radical (unpaired) electrons. The van der Waals surface area contributed by atoms with E-state index in [4.69, 9.17) is 5.41 Å². The summed E-state index contributed by atoms with van der Waals surface area (Å²) in [5.74, 6) is 0.118. The summed E-state index contributed by atoms with van der Waals surface area (Å²) >= 11 is 0. The highest BCUT2D eigenvalue weighted by molar-refractivity contribution is 5.99. The zero-order chi connectivity index (χ0) is 11.5. The zero-order valence-electron chi connectivity index (χ0n) is 9.28. The minimum absolute atomic E-state index is 0. The molecule has 1 N–H and O–H groups in total. The van der Waals surface area contributed by atoms with Crippen molar-refractivity contribution in [2.75, 3.05) is 13.1 Å². The van der Waals surface area contributed by atoms with E-state index in [1.807, 2.05) is 0 Å². The standard InChI is InChI=1S/C12H13FN2O.ClH/c13-10-5-3-9(4-6-10)11(16)8-15-7-1-2-12(15)14;/h3-6,14H,1-2,7-8H2;1H. The largest absolute Gasteiger partial charge is 0.353 e. The average molecular weight is 257 g/mol. The van der Waals surface area contributed by atoms with E-state index in [2.05, 4.69) is 0 Å². The molecule has 2 rings (SSSR count). The van der Waals surface area contributed by atoms with E-state index in [-0.39, 0.29) is 30.6 Å². The van der Waals surface area contributed by atoms with Crippen molar-refractivity contribution >= 4 is 24.0 Å². The molecule has 1 aromatic rings. The number of rotatable bonds is 3. The van der Waals surface area contributed by atoms with Crippen molar-refractivity contribution in [2.24, 2.45) is 0 Å². The van der Waals surface area contributed by atoms with Gasteiger partial charge in [0.15, 0.2) is 5.78 Å². The van der Waals surface area contributed by atoms with Crippen LogP contribution in [0.15, 0.2) is 24.3 Å². The molecule has 1 aromatic carbocycles. The van der Waals surface area contributed by atoms with Crippen molar-refractivity contribution in [3.05, 3.63) is 35.6 Å². The van der Waals surface area contributed by atoms with Crippen LogP contribution in [0.3, 0.4) is 0 Å². The number of nitrogens with zero attached hydrogens (tertiary/aromatic N) is 1. The van der Waals surface area contributed by atoms with Gasteiger partial charge in [-0.15, -0.1) is 12.4 Å². The normalized spacial score (nSPS) is 14.6. The second-order valence-electron chi connectivity index (χ2n) is 3.90. The van der Waals surface area contributed by atoms with E-state index in [1.165, 1.54) is 24.3 Å². The van der Waals surface area contributed by atoms with Crippen LogP contribution in [0.25, 0.3) is 0 Å². The summed E-state index contributed by atoms with van der Waals surface area (Å²) in [6, 6.07) is 5.53. The first-order chi connectivity index (χ1) is 7.66. The van der Waals surface area contributed by atoms with Gasteiger partial charge in [-0.3, -0.25) is 10.2 Å². The number of benzene rings is 1. The second-order valence-corrected chi connectivity index (χ2v) is 3.90. The van der Waals surface area contributed by atoms with Crippen LogP contribution < -0.4 is 0 Å². The fourth-order valence-electron chi connectivity index (χ4n) is 1.81. The summed E-state index contributed by atoms with van der Waals surface area (Å²) in [6.45, 7) is 0.996. The quantitative estimate of drug-likeness (QED) is 0.845. The molecule has 0 unspecified atom stereocenters. The lowest BCUT2D eigenvalue weighted by Crippen LogP contribution is -2.30. The molecule has 1 saturated heterocycles. The molecular weight excluding hydrogens is 243 g/mol. The highest BCUT2D eigenvalue weighted by atomic mass is 35.5. The first-order valence-electron chi connectivity index (χ1n) is 5.28. The Hall–Kier alpha value is -1.42. The molecule has 92 valence electrons. The van der Waals surface area contributed by atoms with Crippen LogP contribution in [0.5, 0.6) is 0 Å². The van der Waals surface area contributed by atoms with Gasteiger partial charge in [0.25, 0.3) is 0 Å². The molecule has 0 aromatic heterocycles. The second kappa shape index (κ2) is 5.77. The lowest BCUT2D eigenvalue weighted by Gasteiger charge is -2.16. The predicted molar refractivity (Wildman–Crippen MR) is 66.5 cm³/mol. The lowest BCUT2D eigenvalue weighted by atomic mass is 10.1. The SMILES string of the molecule is Cl.N=C1CCCN1CC(=O)c1ccc(F)cc1. The molecule has 0 atom stereocenters. The van der Waals surface area contributed by atoms with Crippen molar-refractivity contribution in [3.8, 4) is 0 Å². The van der Waals surface area contributed by atoms with E-state index < -0.39 is 0 Å². The van der Waals surface area contributed by atoms with Crippen LogP contribution in [-0.4, -0.2) is 29.6 Å². The van der Waals surface area contributed by atoms with Crippen LogP contribution >= 0.6 is 12.4 Å². The number of hydrogen-bond donors (Lipinski definition) is 1. The Morgan fingerprint density at radius 2 is 2.00 bits per heavy atom. The van der Waals surface area contributed by atoms with Crippen LogP contribution in [0.4, 0.5) is 4.39 Å². The van der Waals surface area contributed by atoms with Crippen molar-refractivity contribution in [1.82, 2.24) is 4.90 Å². The number of Topliss-reactive ketones (excluding diaryl/α,β-unsaturated/α-hetero) is 1. The molecule has 17 heavy (non-hydrogen) atoms. The van der Waals surface area contributed by atoms with Crippen LogP contribution in [0.2, 0.25) is 0 Å². The van der Waals surface area contributed by atoms with Crippen LogP contribution in [0, 0.1) is 11.2 Å². The van der Waals surface area contributed by atoms with Crippen LogP contribution in [0.1, 0.15) is 23.2 Å². The molecule has 5 heteroatoms. The van der Waals surface area contributed by atoms with Gasteiger partial charge < -0.3 is 4.90 Å². The minimum atomic E-state index is -0.342. The fraction of sp³-hybridized carbons (Fsp3) is 0.333. The monoisotopic (exact) mass is 256 g/mol. The molecule has 1 heterocycles. The summed E-state index contributed by atoms with van der Waals surface area (Å²) in [4.78, 5) is 13.6. The highest BCUT2D eigenvalue weighted by Crippen LogP contribution is 2.11. The Labute approximate surface area is 106 Å². The Morgan fingerprint density at radius 1 is 1.35 bits per heavy atom. The molecule has 0 aliphatic carbocycles. The van der Waals surface area contributed by atoms with Gasteiger partial charge in [-0.25, -0.2) is 4.39 Å². The molecular formula is C12H14ClFN2O. The average Bonchev–Trinajstić information content (AvgIpc) is 2.65. The van der Waals surface area contributed by atoms with Crippen molar-refractivity contribution in [3.63, 3.8) is 0 Å². The van der Waals surface area contributed by atoms with E-state index in [1.54, 1.807) is 4.90 Å². The third kappa shape index (κ3) is 3.27. The molecule has 0 bridgehead atoms. The van der Waals surface area contributed by atoms with Gasteiger partial charge in [-0.05, 0) is 30.7 Å². The third-order valence-electron chi connectivity index (χ3n) is 2.72. The van der Waals surface area contributed by atoms with Gasteiger partial charge in [0.2, 0.25) is 0 Å². The molecule has 1 aliphatic heterocycles. The molecule has 1 fully saturated rings. The maximum atomic E-state index is 12.7. The Balaban J connectivity index is 0.00000144. The van der Waals surface area contributed by atoms with Gasteiger partial charge in [-0.1, -0.05) is 0 Å². The number of likely N-dealkylation sites (tertiary alicyclic amines) is 1. The van der Waals surface area contributed by atoms with E-state index >= 15 is 0 Å². The minimum Gasteiger partial charge on any atom is -0.353 e. The molecule has 1 aliphatic rings. The maximum Gasteiger partial charge on any atom is 0.182 e. The number of hydrogen-bond acceptors (Lipinski definition) is 2. The predicted octanol–water partition coefficient (Wildman–Crippen LogP) is 2.50. The van der Waals surface area contributed by atoms with Crippen molar-refractivity contribution < 1.29 is 9.18 Å². The lowest BCUT2D eigenvalue weighted by molar-refractivity contribution is 0.0966. The first kappa shape index (κ1) is 13.6. The smallest absolute Gasteiger partial charge is 0.182 e. The molecule has 0 spiro atoms. The van der Waals surface area contributed by atoms with Gasteiger partial charge in [-0.2, -0.15) is 0 Å². The van der Waals surface area contributed by atoms with Gasteiger partial charge in [0.1, 0.15) is 5.82 Å². The Kier molecular flexibility index (Phi) is 4.63. The number of amidine groups is 1. The molecule has 0 amide bonds. The summed E-state index contributed by atoms with van der Waals surface area (Å²) in [5, 5.41) is 7.61. The van der Waals surface area contributed by atoms with Crippen LogP contribution in [-0.2, 0) is 0 Å². The number of halogens is 2. The number of ketones is 1. The van der Waals surface area contributed by atoms with Gasteiger partial charge in [0.05, 0.1) is 12.4 Å².